The maximum atomic E-state index is 13.6. The molecule has 0 aromatic heterocycles. The minimum Gasteiger partial charge on any atom is -0.322 e. The SMILES string of the molecule is Cc1c(Br)cccc1NC(=O)c1cc(F)c(NN)c(F)c1. The Hall–Kier alpha value is -1.99. The molecular weight excluding hydrogens is 344 g/mol. The van der Waals surface area contributed by atoms with E-state index in [9.17, 15) is 13.6 Å². The van der Waals surface area contributed by atoms with Crippen molar-refractivity contribution in [1.82, 2.24) is 0 Å². The average Bonchev–Trinajstić information content (AvgIpc) is 2.43. The van der Waals surface area contributed by atoms with Crippen LogP contribution in [0.25, 0.3) is 0 Å². The van der Waals surface area contributed by atoms with E-state index >= 15 is 0 Å². The molecule has 0 bridgehead atoms. The van der Waals surface area contributed by atoms with Crippen molar-refractivity contribution in [3.05, 3.63) is 57.6 Å². The smallest absolute Gasteiger partial charge is 0.255 e. The summed E-state index contributed by atoms with van der Waals surface area (Å²) in [7, 11) is 0. The zero-order valence-electron chi connectivity index (χ0n) is 11.0. The molecule has 7 heteroatoms. The first-order chi connectivity index (χ1) is 9.93. The lowest BCUT2D eigenvalue weighted by atomic mass is 10.1. The predicted octanol–water partition coefficient (Wildman–Crippen LogP) is 3.57. The second-order valence-electron chi connectivity index (χ2n) is 4.33. The topological polar surface area (TPSA) is 67.2 Å². The molecule has 4 nitrogen and oxygen atoms in total. The number of nitrogens with one attached hydrogen (secondary N) is 2. The lowest BCUT2D eigenvalue weighted by Gasteiger charge is -2.11. The first kappa shape index (κ1) is 15.4. The molecule has 0 saturated heterocycles. The van der Waals surface area contributed by atoms with Gasteiger partial charge in [0.05, 0.1) is 0 Å². The summed E-state index contributed by atoms with van der Waals surface area (Å²) in [6.07, 6.45) is 0. The second kappa shape index (κ2) is 6.19. The second-order valence-corrected chi connectivity index (χ2v) is 5.18. The summed E-state index contributed by atoms with van der Waals surface area (Å²) in [4.78, 5) is 12.1. The number of halogens is 3. The number of hydrogen-bond donors (Lipinski definition) is 3. The van der Waals surface area contributed by atoms with Crippen LogP contribution in [-0.4, -0.2) is 5.91 Å². The highest BCUT2D eigenvalue weighted by Gasteiger charge is 2.15. The van der Waals surface area contributed by atoms with Gasteiger partial charge in [-0.3, -0.25) is 10.6 Å². The van der Waals surface area contributed by atoms with E-state index in [0.29, 0.717) is 5.69 Å². The number of rotatable bonds is 3. The van der Waals surface area contributed by atoms with E-state index in [-0.39, 0.29) is 5.56 Å². The van der Waals surface area contributed by atoms with Gasteiger partial charge in [-0.2, -0.15) is 0 Å². The summed E-state index contributed by atoms with van der Waals surface area (Å²) < 4.78 is 28.0. The van der Waals surface area contributed by atoms with E-state index in [0.717, 1.165) is 22.2 Å². The van der Waals surface area contributed by atoms with Crippen LogP contribution >= 0.6 is 15.9 Å². The molecule has 0 atom stereocenters. The Morgan fingerprint density at radius 1 is 1.24 bits per heavy atom. The molecule has 21 heavy (non-hydrogen) atoms. The summed E-state index contributed by atoms with van der Waals surface area (Å²) in [5, 5.41) is 2.61. The van der Waals surface area contributed by atoms with Crippen LogP contribution in [0, 0.1) is 18.6 Å². The van der Waals surface area contributed by atoms with Gasteiger partial charge in [0.2, 0.25) is 0 Å². The number of benzene rings is 2. The molecule has 2 rings (SSSR count). The van der Waals surface area contributed by atoms with Crippen molar-refractivity contribution in [2.45, 2.75) is 6.92 Å². The van der Waals surface area contributed by atoms with Crippen molar-refractivity contribution in [3.8, 4) is 0 Å². The van der Waals surface area contributed by atoms with Crippen molar-refractivity contribution in [2.75, 3.05) is 10.7 Å². The third kappa shape index (κ3) is 3.20. The Balaban J connectivity index is 2.31. The fourth-order valence-corrected chi connectivity index (χ4v) is 2.15. The molecule has 0 aliphatic carbocycles. The molecule has 0 fully saturated rings. The van der Waals surface area contributed by atoms with E-state index in [1.807, 2.05) is 18.4 Å². The third-order valence-electron chi connectivity index (χ3n) is 2.96. The zero-order valence-corrected chi connectivity index (χ0v) is 12.6. The Kier molecular flexibility index (Phi) is 4.54. The Labute approximate surface area is 128 Å². The summed E-state index contributed by atoms with van der Waals surface area (Å²) in [6.45, 7) is 1.81. The van der Waals surface area contributed by atoms with Crippen LogP contribution < -0.4 is 16.6 Å². The van der Waals surface area contributed by atoms with Crippen molar-refractivity contribution < 1.29 is 13.6 Å². The molecule has 0 saturated carbocycles. The minimum absolute atomic E-state index is 0.136. The van der Waals surface area contributed by atoms with E-state index in [4.69, 9.17) is 5.84 Å². The average molecular weight is 356 g/mol. The van der Waals surface area contributed by atoms with Crippen LogP contribution in [0.3, 0.4) is 0 Å². The lowest BCUT2D eigenvalue weighted by Crippen LogP contribution is -2.16. The summed E-state index contributed by atoms with van der Waals surface area (Å²) >= 11 is 3.34. The third-order valence-corrected chi connectivity index (χ3v) is 3.82. The van der Waals surface area contributed by atoms with Crippen molar-refractivity contribution in [3.63, 3.8) is 0 Å². The highest BCUT2D eigenvalue weighted by molar-refractivity contribution is 9.10. The van der Waals surface area contributed by atoms with Gasteiger partial charge in [-0.15, -0.1) is 0 Å². The monoisotopic (exact) mass is 355 g/mol. The summed E-state index contributed by atoms with van der Waals surface area (Å²) in [6, 6.07) is 7.10. The quantitative estimate of drug-likeness (QED) is 0.582. The Morgan fingerprint density at radius 3 is 2.43 bits per heavy atom. The van der Waals surface area contributed by atoms with Gasteiger partial charge in [0.25, 0.3) is 5.91 Å². The summed E-state index contributed by atoms with van der Waals surface area (Å²) in [5.74, 6) is 2.52. The standard InChI is InChI=1S/C14H12BrF2N3O/c1-7-9(15)3-2-4-12(7)19-14(21)8-5-10(16)13(20-18)11(17)6-8/h2-6,20H,18H2,1H3,(H,19,21). The van der Waals surface area contributed by atoms with Gasteiger partial charge >= 0.3 is 0 Å². The highest BCUT2D eigenvalue weighted by Crippen LogP contribution is 2.25. The summed E-state index contributed by atoms with van der Waals surface area (Å²) in [5.41, 5.74) is 2.66. The molecule has 1 amide bonds. The maximum absolute atomic E-state index is 13.6. The maximum Gasteiger partial charge on any atom is 0.255 e. The first-order valence-electron chi connectivity index (χ1n) is 5.96. The molecule has 0 radical (unpaired) electrons. The molecular formula is C14H12BrF2N3O. The highest BCUT2D eigenvalue weighted by atomic mass is 79.9. The minimum atomic E-state index is -0.936. The Morgan fingerprint density at radius 2 is 1.86 bits per heavy atom. The van der Waals surface area contributed by atoms with Gasteiger partial charge < -0.3 is 10.7 Å². The van der Waals surface area contributed by atoms with Crippen LogP contribution in [0.5, 0.6) is 0 Å². The number of nitrogen functional groups attached to an aromatic ring is 1. The number of carbonyl (C=O) groups is 1. The Bertz CT molecular complexity index is 684. The van der Waals surface area contributed by atoms with Crippen molar-refractivity contribution >= 4 is 33.2 Å². The predicted molar refractivity (Wildman–Crippen MR) is 81.0 cm³/mol. The van der Waals surface area contributed by atoms with Gasteiger partial charge in [0.1, 0.15) is 5.69 Å². The molecule has 2 aromatic carbocycles. The number of hydrogen-bond acceptors (Lipinski definition) is 3. The van der Waals surface area contributed by atoms with Crippen LogP contribution in [0.4, 0.5) is 20.2 Å². The van der Waals surface area contributed by atoms with Gasteiger partial charge in [0, 0.05) is 15.7 Å². The molecule has 0 aliphatic heterocycles. The number of amides is 1. The normalized spacial score (nSPS) is 10.3. The molecule has 0 unspecified atom stereocenters. The van der Waals surface area contributed by atoms with Crippen LogP contribution in [0.15, 0.2) is 34.8 Å². The van der Waals surface area contributed by atoms with E-state index in [2.05, 4.69) is 21.2 Å². The molecule has 0 spiro atoms. The first-order valence-corrected chi connectivity index (χ1v) is 6.75. The van der Waals surface area contributed by atoms with Crippen LogP contribution in [-0.2, 0) is 0 Å². The number of nitrogens with two attached hydrogens (primary N) is 1. The number of hydrazine groups is 1. The van der Waals surface area contributed by atoms with Crippen LogP contribution in [0.1, 0.15) is 15.9 Å². The molecule has 2 aromatic rings. The van der Waals surface area contributed by atoms with Crippen molar-refractivity contribution in [1.29, 1.82) is 0 Å². The van der Waals surface area contributed by atoms with Gasteiger partial charge in [-0.05, 0) is 36.8 Å². The van der Waals surface area contributed by atoms with Crippen molar-refractivity contribution in [2.24, 2.45) is 5.84 Å². The molecule has 0 aliphatic rings. The fraction of sp³-hybridized carbons (Fsp3) is 0.0714. The van der Waals surface area contributed by atoms with Gasteiger partial charge in [-0.1, -0.05) is 22.0 Å². The molecule has 4 N–H and O–H groups in total. The number of anilines is 2. The van der Waals surface area contributed by atoms with Gasteiger partial charge in [0.15, 0.2) is 11.6 Å². The molecule has 0 heterocycles. The zero-order chi connectivity index (χ0) is 15.6. The van der Waals surface area contributed by atoms with Gasteiger partial charge in [-0.25, -0.2) is 8.78 Å². The number of carbonyl (C=O) groups excluding carboxylic acids is 1. The largest absolute Gasteiger partial charge is 0.322 e. The van der Waals surface area contributed by atoms with Crippen LogP contribution in [0.2, 0.25) is 0 Å². The lowest BCUT2D eigenvalue weighted by molar-refractivity contribution is 0.102. The van der Waals surface area contributed by atoms with E-state index in [1.165, 1.54) is 0 Å². The van der Waals surface area contributed by atoms with E-state index in [1.54, 1.807) is 12.1 Å². The van der Waals surface area contributed by atoms with E-state index < -0.39 is 23.2 Å². The fourth-order valence-electron chi connectivity index (χ4n) is 1.78. The molecule has 110 valence electrons.